The van der Waals surface area contributed by atoms with Crippen LogP contribution in [0.3, 0.4) is 0 Å². The third-order valence-electron chi connectivity index (χ3n) is 7.80. The maximum atomic E-state index is 13.8. The highest BCUT2D eigenvalue weighted by Crippen LogP contribution is 2.38. The number of nitrogens with zero attached hydrogens (tertiary/aromatic N) is 1. The molecule has 0 aliphatic rings. The molecule has 0 saturated carbocycles. The van der Waals surface area contributed by atoms with E-state index in [1.165, 1.54) is 23.1 Å². The van der Waals surface area contributed by atoms with Crippen LogP contribution in [0.2, 0.25) is 0 Å². The molecular weight excluding hydrogens is 677 g/mol. The van der Waals surface area contributed by atoms with Crippen LogP contribution in [0.25, 0.3) is 17.3 Å². The number of thiazole rings is 1. The number of carbonyl (C=O) groups is 3. The Labute approximate surface area is 304 Å². The van der Waals surface area contributed by atoms with Crippen molar-refractivity contribution in [3.05, 3.63) is 167 Å². The second-order valence-corrected chi connectivity index (χ2v) is 13.4. The van der Waals surface area contributed by atoms with E-state index in [4.69, 9.17) is 4.74 Å². The van der Waals surface area contributed by atoms with Crippen molar-refractivity contribution < 1.29 is 19.1 Å². The summed E-state index contributed by atoms with van der Waals surface area (Å²) in [7, 11) is 1.62. The van der Waals surface area contributed by atoms with Crippen molar-refractivity contribution in [1.29, 1.82) is 0 Å². The Hall–Kier alpha value is -5.97. The molecule has 3 N–H and O–H groups in total. The number of ether oxygens (including phenoxy) is 1. The molecule has 6 aromatic rings. The number of nitrogens with one attached hydrogen (secondary N) is 3. The van der Waals surface area contributed by atoms with E-state index in [0.29, 0.717) is 16.4 Å². The lowest BCUT2D eigenvalue weighted by molar-refractivity contribution is -0.116. The Balaban J connectivity index is 1.21. The van der Waals surface area contributed by atoms with Crippen LogP contribution in [-0.2, 0) is 9.59 Å². The van der Waals surface area contributed by atoms with Gasteiger partial charge in [-0.1, -0.05) is 91.0 Å². The summed E-state index contributed by atoms with van der Waals surface area (Å²) in [6.45, 7) is 1.94. The second kappa shape index (κ2) is 16.6. The van der Waals surface area contributed by atoms with Gasteiger partial charge >= 0.3 is 0 Å². The topological polar surface area (TPSA) is 109 Å². The van der Waals surface area contributed by atoms with E-state index in [1.54, 1.807) is 49.6 Å². The lowest BCUT2D eigenvalue weighted by atomic mass is 10.1. The monoisotopic (exact) mass is 710 g/mol. The van der Waals surface area contributed by atoms with E-state index < -0.39 is 17.1 Å². The van der Waals surface area contributed by atoms with Gasteiger partial charge in [0, 0.05) is 27.1 Å². The Kier molecular flexibility index (Phi) is 11.4. The molecule has 1 atom stereocenters. The fourth-order valence-electron chi connectivity index (χ4n) is 5.15. The molecule has 0 spiro atoms. The molecule has 1 heterocycles. The molecule has 5 aromatic carbocycles. The van der Waals surface area contributed by atoms with Gasteiger partial charge in [0.1, 0.15) is 16.7 Å². The first kappa shape index (κ1) is 34.9. The fraction of sp³-hybridized carbons (Fsp3) is 0.0732. The average Bonchev–Trinajstić information content (AvgIpc) is 3.63. The summed E-state index contributed by atoms with van der Waals surface area (Å²) < 4.78 is 5.35. The Morgan fingerprint density at radius 1 is 0.804 bits per heavy atom. The zero-order valence-electron chi connectivity index (χ0n) is 27.8. The van der Waals surface area contributed by atoms with Crippen LogP contribution in [0.15, 0.2) is 149 Å². The minimum atomic E-state index is -0.622. The number of amides is 3. The first-order valence-corrected chi connectivity index (χ1v) is 17.8. The van der Waals surface area contributed by atoms with Crippen molar-refractivity contribution >= 4 is 57.7 Å². The zero-order valence-corrected chi connectivity index (χ0v) is 29.5. The van der Waals surface area contributed by atoms with E-state index >= 15 is 0 Å². The molecule has 1 aromatic heterocycles. The Morgan fingerprint density at radius 3 is 2.29 bits per heavy atom. The van der Waals surface area contributed by atoms with Gasteiger partial charge in [-0.05, 0) is 72.2 Å². The molecule has 10 heteroatoms. The number of hydrogen-bond acceptors (Lipinski definition) is 7. The number of anilines is 2. The third kappa shape index (κ3) is 9.18. The molecule has 0 aliphatic carbocycles. The van der Waals surface area contributed by atoms with Crippen molar-refractivity contribution in [2.24, 2.45) is 0 Å². The molecule has 51 heavy (non-hydrogen) atoms. The highest BCUT2D eigenvalue weighted by molar-refractivity contribution is 8.00. The first-order chi connectivity index (χ1) is 24.9. The summed E-state index contributed by atoms with van der Waals surface area (Å²) in [5.41, 5.74) is 5.21. The Morgan fingerprint density at radius 2 is 1.53 bits per heavy atom. The van der Waals surface area contributed by atoms with Gasteiger partial charge in [-0.25, -0.2) is 4.98 Å². The highest BCUT2D eigenvalue weighted by atomic mass is 32.2. The fourth-order valence-corrected chi connectivity index (χ4v) is 6.95. The van der Waals surface area contributed by atoms with Gasteiger partial charge < -0.3 is 20.7 Å². The highest BCUT2D eigenvalue weighted by Gasteiger charge is 2.24. The number of carbonyl (C=O) groups excluding carboxylic acids is 3. The van der Waals surface area contributed by atoms with E-state index in [2.05, 4.69) is 20.9 Å². The van der Waals surface area contributed by atoms with Crippen molar-refractivity contribution in [3.8, 4) is 17.0 Å². The summed E-state index contributed by atoms with van der Waals surface area (Å²) in [6.07, 6.45) is 1.66. The van der Waals surface area contributed by atoms with E-state index in [-0.39, 0.29) is 11.6 Å². The molecule has 0 fully saturated rings. The summed E-state index contributed by atoms with van der Waals surface area (Å²) in [4.78, 5) is 46.1. The molecule has 0 bridgehead atoms. The van der Waals surface area contributed by atoms with Gasteiger partial charge in [0.05, 0.1) is 12.8 Å². The zero-order chi connectivity index (χ0) is 35.6. The maximum Gasteiger partial charge on any atom is 0.272 e. The van der Waals surface area contributed by atoms with Crippen LogP contribution in [0, 0.1) is 6.92 Å². The van der Waals surface area contributed by atoms with Crippen LogP contribution in [0.1, 0.15) is 32.3 Å². The summed E-state index contributed by atoms with van der Waals surface area (Å²) >= 11 is 2.70. The number of rotatable bonds is 12. The third-order valence-corrected chi connectivity index (χ3v) is 9.81. The van der Waals surface area contributed by atoms with Crippen LogP contribution in [0.4, 0.5) is 10.8 Å². The number of methoxy groups -OCH3 is 1. The van der Waals surface area contributed by atoms with Crippen LogP contribution < -0.4 is 20.7 Å². The largest absolute Gasteiger partial charge is 0.497 e. The standard InChI is InChI=1S/C41H34N4O4S2/c1-27-13-9-10-18-30(27)24-35(43-38(46)29-16-7-4-8-17-29)39(47)42-32-20-12-22-34(25-32)51-37(28-14-5-3-6-15-28)40(48)45-41-44-36(26-50-41)31-19-11-21-33(23-31)49-2/h3-26,37H,1-2H3,(H,42,47)(H,43,46)(H,44,45,48)/b35-24-. The smallest absolute Gasteiger partial charge is 0.272 e. The molecule has 8 nitrogen and oxygen atoms in total. The molecule has 0 saturated heterocycles. The van der Waals surface area contributed by atoms with Gasteiger partial charge in [-0.15, -0.1) is 23.1 Å². The van der Waals surface area contributed by atoms with Crippen molar-refractivity contribution in [2.75, 3.05) is 17.7 Å². The predicted octanol–water partition coefficient (Wildman–Crippen LogP) is 9.01. The van der Waals surface area contributed by atoms with Crippen LogP contribution >= 0.6 is 23.1 Å². The quantitative estimate of drug-likeness (QED) is 0.0864. The number of benzene rings is 5. The molecule has 3 amide bonds. The molecule has 0 radical (unpaired) electrons. The molecule has 254 valence electrons. The van der Waals surface area contributed by atoms with Gasteiger partial charge in [0.15, 0.2) is 5.13 Å². The van der Waals surface area contributed by atoms with Crippen molar-refractivity contribution in [3.63, 3.8) is 0 Å². The summed E-state index contributed by atoms with van der Waals surface area (Å²) in [5, 5.41) is 10.5. The SMILES string of the molecule is COc1cccc(-c2csc(NC(=O)C(Sc3cccc(NC(=O)/C(=C/c4ccccc4C)NC(=O)c4ccccc4)c3)c3ccccc3)n2)c1. The van der Waals surface area contributed by atoms with Crippen LogP contribution in [0.5, 0.6) is 5.75 Å². The van der Waals surface area contributed by atoms with Gasteiger partial charge in [-0.3, -0.25) is 14.4 Å². The lowest BCUT2D eigenvalue weighted by Gasteiger charge is -2.17. The predicted molar refractivity (Wildman–Crippen MR) is 206 cm³/mol. The Bertz CT molecular complexity index is 2180. The van der Waals surface area contributed by atoms with E-state index in [9.17, 15) is 14.4 Å². The lowest BCUT2D eigenvalue weighted by Crippen LogP contribution is -2.30. The summed E-state index contributed by atoms with van der Waals surface area (Å²) in [5.74, 6) is -0.403. The van der Waals surface area contributed by atoms with Gasteiger partial charge in [0.2, 0.25) is 5.91 Å². The molecule has 1 unspecified atom stereocenters. The number of aromatic nitrogens is 1. The minimum absolute atomic E-state index is 0.0921. The van der Waals surface area contributed by atoms with E-state index in [0.717, 1.165) is 38.6 Å². The van der Waals surface area contributed by atoms with Gasteiger partial charge in [0.25, 0.3) is 11.8 Å². The maximum absolute atomic E-state index is 13.8. The first-order valence-electron chi connectivity index (χ1n) is 16.0. The minimum Gasteiger partial charge on any atom is -0.497 e. The normalized spacial score (nSPS) is 11.7. The molecule has 0 aliphatic heterocycles. The van der Waals surface area contributed by atoms with Gasteiger partial charge in [-0.2, -0.15) is 0 Å². The van der Waals surface area contributed by atoms with Crippen molar-refractivity contribution in [1.82, 2.24) is 10.3 Å². The number of aryl methyl sites for hydroxylation is 1. The number of thioether (sulfide) groups is 1. The van der Waals surface area contributed by atoms with Crippen LogP contribution in [-0.4, -0.2) is 29.8 Å². The number of hydrogen-bond donors (Lipinski definition) is 3. The average molecular weight is 711 g/mol. The molecule has 6 rings (SSSR count). The van der Waals surface area contributed by atoms with Crippen molar-refractivity contribution in [2.45, 2.75) is 17.1 Å². The molecular formula is C41H34N4O4S2. The second-order valence-electron chi connectivity index (χ2n) is 11.4. The van der Waals surface area contributed by atoms with E-state index in [1.807, 2.05) is 109 Å². The summed E-state index contributed by atoms with van der Waals surface area (Å²) in [6, 6.07) is 40.7.